The highest BCUT2D eigenvalue weighted by Gasteiger charge is 2.33. The number of rotatable bonds is 5. The zero-order chi connectivity index (χ0) is 12.8. The van der Waals surface area contributed by atoms with Gasteiger partial charge in [0.1, 0.15) is 11.9 Å². The highest BCUT2D eigenvalue weighted by Crippen LogP contribution is 2.07. The Labute approximate surface area is 93.2 Å². The lowest BCUT2D eigenvalue weighted by atomic mass is 10.1. The normalized spacial score (nSPS) is 10.2. The molecule has 0 spiro atoms. The highest BCUT2D eigenvalue weighted by atomic mass is 16.6. The molecule has 0 aliphatic heterocycles. The van der Waals surface area contributed by atoms with Crippen molar-refractivity contribution >= 4 is 23.8 Å². The Hall–Kier alpha value is -1.81. The molecule has 0 N–H and O–H groups in total. The molecule has 0 aliphatic carbocycles. The molecule has 0 aromatic carbocycles. The largest absolute Gasteiger partial charge is 0.451 e. The fourth-order valence-corrected chi connectivity index (χ4v) is 0.845. The molecule has 0 heterocycles. The lowest BCUT2D eigenvalue weighted by molar-refractivity contribution is -0.152. The maximum atomic E-state index is 11.4. The number of carbonyl (C=O) groups is 3. The topological polar surface area (TPSA) is 96.8 Å². The van der Waals surface area contributed by atoms with Crippen LogP contribution in [0.15, 0.2) is 0 Å². The van der Waals surface area contributed by atoms with Gasteiger partial charge in [-0.05, 0) is 20.8 Å². The molecule has 0 radical (unpaired) electrons. The molecular formula is C10H14N2O4. The van der Waals surface area contributed by atoms with E-state index in [0.29, 0.717) is 6.29 Å². The van der Waals surface area contributed by atoms with Gasteiger partial charge < -0.3 is 15.1 Å². The molecule has 88 valence electrons. The Bertz CT molecular complexity index is 348. The molecule has 6 heteroatoms. The third-order valence-electron chi connectivity index (χ3n) is 1.45. The van der Waals surface area contributed by atoms with E-state index in [-0.39, 0.29) is 12.8 Å². The van der Waals surface area contributed by atoms with E-state index in [1.165, 1.54) is 0 Å². The molecule has 6 nitrogen and oxygen atoms in total. The van der Waals surface area contributed by atoms with Gasteiger partial charge in [-0.15, -0.1) is 0 Å². The third-order valence-corrected chi connectivity index (χ3v) is 1.45. The predicted octanol–water partition coefficient (Wildman–Crippen LogP) is 0.547. The van der Waals surface area contributed by atoms with Crippen molar-refractivity contribution in [2.45, 2.75) is 39.2 Å². The molecule has 0 atom stereocenters. The second-order valence-electron chi connectivity index (χ2n) is 4.08. The van der Waals surface area contributed by atoms with Gasteiger partial charge in [-0.3, -0.25) is 4.79 Å². The number of hydrogen-bond acceptors (Lipinski definition) is 4. The van der Waals surface area contributed by atoms with E-state index < -0.39 is 23.1 Å². The molecule has 0 amide bonds. The summed E-state index contributed by atoms with van der Waals surface area (Å²) in [6.07, 6.45) is 0.338. The van der Waals surface area contributed by atoms with Crippen LogP contribution in [0.5, 0.6) is 0 Å². The van der Waals surface area contributed by atoms with Gasteiger partial charge in [0.15, 0.2) is 0 Å². The molecule has 0 aliphatic rings. The standard InChI is InChI=1S/C10H14N2O4/c1-10(2,3)16-9(15)8(12-11)7(14)5-4-6-13/h6H,4-5H2,1-3H3. The van der Waals surface area contributed by atoms with E-state index in [4.69, 9.17) is 10.3 Å². The molecular weight excluding hydrogens is 212 g/mol. The molecule has 0 aromatic heterocycles. The van der Waals surface area contributed by atoms with Crippen LogP contribution in [0.3, 0.4) is 0 Å². The van der Waals surface area contributed by atoms with E-state index in [2.05, 4.69) is 4.79 Å². The van der Waals surface area contributed by atoms with Gasteiger partial charge in [0.05, 0.1) is 0 Å². The number of nitrogens with zero attached hydrogens (tertiary/aromatic N) is 2. The Morgan fingerprint density at radius 1 is 1.38 bits per heavy atom. The number of aldehydes is 1. The maximum absolute atomic E-state index is 11.4. The van der Waals surface area contributed by atoms with Crippen molar-refractivity contribution in [3.63, 3.8) is 0 Å². The van der Waals surface area contributed by atoms with Gasteiger partial charge in [-0.1, -0.05) is 0 Å². The molecule has 0 aromatic rings. The van der Waals surface area contributed by atoms with Gasteiger partial charge in [-0.2, -0.15) is 4.79 Å². The Morgan fingerprint density at radius 2 is 1.94 bits per heavy atom. The van der Waals surface area contributed by atoms with Crippen LogP contribution in [-0.4, -0.2) is 34.1 Å². The Morgan fingerprint density at radius 3 is 2.31 bits per heavy atom. The molecule has 0 fully saturated rings. The number of carbonyl (C=O) groups excluding carboxylic acids is 3. The third kappa shape index (κ3) is 5.17. The van der Waals surface area contributed by atoms with Crippen molar-refractivity contribution in [1.29, 1.82) is 0 Å². The van der Waals surface area contributed by atoms with Crippen molar-refractivity contribution in [2.75, 3.05) is 0 Å². The van der Waals surface area contributed by atoms with Crippen LogP contribution >= 0.6 is 0 Å². The van der Waals surface area contributed by atoms with Crippen molar-refractivity contribution in [3.8, 4) is 0 Å². The van der Waals surface area contributed by atoms with Gasteiger partial charge >= 0.3 is 11.7 Å². The fourth-order valence-electron chi connectivity index (χ4n) is 0.845. The first-order valence-electron chi connectivity index (χ1n) is 4.74. The minimum atomic E-state index is -0.995. The summed E-state index contributed by atoms with van der Waals surface area (Å²) in [7, 11) is 0. The number of ketones is 1. The molecule has 0 bridgehead atoms. The van der Waals surface area contributed by atoms with E-state index in [1.807, 2.05) is 0 Å². The van der Waals surface area contributed by atoms with Crippen LogP contribution in [0.4, 0.5) is 0 Å². The van der Waals surface area contributed by atoms with Gasteiger partial charge in [0.2, 0.25) is 0 Å². The first-order valence-corrected chi connectivity index (χ1v) is 4.74. The molecule has 0 unspecified atom stereocenters. The van der Waals surface area contributed by atoms with E-state index in [0.717, 1.165) is 0 Å². The summed E-state index contributed by atoms with van der Waals surface area (Å²) < 4.78 is 4.85. The molecule has 0 rings (SSSR count). The minimum Gasteiger partial charge on any atom is -0.451 e. The Balaban J connectivity index is 4.64. The number of esters is 1. The van der Waals surface area contributed by atoms with Crippen LogP contribution in [0.25, 0.3) is 5.53 Å². The summed E-state index contributed by atoms with van der Waals surface area (Å²) in [5.74, 6) is -1.71. The van der Waals surface area contributed by atoms with Gasteiger partial charge in [0.25, 0.3) is 5.78 Å². The zero-order valence-electron chi connectivity index (χ0n) is 9.52. The number of ether oxygens (including phenoxy) is 1. The molecule has 16 heavy (non-hydrogen) atoms. The predicted molar refractivity (Wildman–Crippen MR) is 54.8 cm³/mol. The summed E-state index contributed by atoms with van der Waals surface area (Å²) in [4.78, 5) is 35.3. The highest BCUT2D eigenvalue weighted by molar-refractivity contribution is 6.62. The smallest absolute Gasteiger partial charge is 0.441 e. The number of hydrogen-bond donors (Lipinski definition) is 0. The lowest BCUT2D eigenvalue weighted by Gasteiger charge is -2.17. The molecule has 0 saturated carbocycles. The van der Waals surface area contributed by atoms with E-state index in [9.17, 15) is 14.4 Å². The van der Waals surface area contributed by atoms with Crippen LogP contribution in [-0.2, 0) is 19.1 Å². The average molecular weight is 226 g/mol. The van der Waals surface area contributed by atoms with Crippen LogP contribution in [0.1, 0.15) is 33.6 Å². The zero-order valence-corrected chi connectivity index (χ0v) is 9.52. The summed E-state index contributed by atoms with van der Waals surface area (Å²) >= 11 is 0. The fraction of sp³-hybridized carbons (Fsp3) is 0.600. The number of Topliss-reactive ketones (excluding diaryl/α,β-unsaturated/α-hetero) is 1. The van der Waals surface area contributed by atoms with Crippen molar-refractivity contribution in [1.82, 2.24) is 0 Å². The summed E-state index contributed by atoms with van der Waals surface area (Å²) in [6.45, 7) is 4.86. The van der Waals surface area contributed by atoms with Gasteiger partial charge in [-0.25, -0.2) is 4.79 Å². The Kier molecular flexibility index (Phi) is 5.25. The second kappa shape index (κ2) is 5.92. The maximum Gasteiger partial charge on any atom is 0.441 e. The lowest BCUT2D eigenvalue weighted by Crippen LogP contribution is -2.33. The molecule has 0 saturated heterocycles. The van der Waals surface area contributed by atoms with Crippen molar-refractivity contribution < 1.29 is 23.9 Å². The first-order chi connectivity index (χ1) is 7.31. The monoisotopic (exact) mass is 226 g/mol. The van der Waals surface area contributed by atoms with Crippen LogP contribution in [0, 0.1) is 0 Å². The van der Waals surface area contributed by atoms with Gasteiger partial charge in [0, 0.05) is 12.8 Å². The van der Waals surface area contributed by atoms with Crippen molar-refractivity contribution in [2.24, 2.45) is 0 Å². The summed E-state index contributed by atoms with van der Waals surface area (Å²) in [6, 6.07) is 0. The van der Waals surface area contributed by atoms with E-state index in [1.54, 1.807) is 20.8 Å². The minimum absolute atomic E-state index is 0.0271. The second-order valence-corrected chi connectivity index (χ2v) is 4.08. The van der Waals surface area contributed by atoms with Crippen molar-refractivity contribution in [3.05, 3.63) is 5.53 Å². The average Bonchev–Trinajstić information content (AvgIpc) is 2.12. The first kappa shape index (κ1) is 14.2. The van der Waals surface area contributed by atoms with Crippen LogP contribution in [0.2, 0.25) is 0 Å². The SMILES string of the molecule is CC(C)(C)OC(=O)C(=[N+]=[N-])C(=O)CCC=O. The summed E-state index contributed by atoms with van der Waals surface area (Å²) in [5, 5.41) is 0. The quantitative estimate of drug-likeness (QED) is 0.171. The van der Waals surface area contributed by atoms with Crippen LogP contribution < -0.4 is 0 Å². The summed E-state index contributed by atoms with van der Waals surface area (Å²) in [5.41, 5.74) is 7.08. The van der Waals surface area contributed by atoms with E-state index >= 15 is 0 Å².